The molecule has 0 saturated carbocycles. The summed E-state index contributed by atoms with van der Waals surface area (Å²) < 4.78 is 9.30. The molecule has 0 aliphatic rings. The third-order valence-electron chi connectivity index (χ3n) is 1.56. The van der Waals surface area contributed by atoms with Gasteiger partial charge in [-0.25, -0.2) is 4.79 Å². The first-order chi connectivity index (χ1) is 7.59. The molecule has 84 valence electrons. The summed E-state index contributed by atoms with van der Waals surface area (Å²) in [4.78, 5) is 20.4. The maximum absolute atomic E-state index is 10.4. The van der Waals surface area contributed by atoms with Gasteiger partial charge in [-0.15, -0.1) is 0 Å². The van der Waals surface area contributed by atoms with Crippen molar-refractivity contribution >= 4 is 5.97 Å². The van der Waals surface area contributed by atoms with E-state index in [1.54, 1.807) is 6.92 Å². The summed E-state index contributed by atoms with van der Waals surface area (Å²) in [7, 11) is 0. The molecule has 0 bridgehead atoms. The van der Waals surface area contributed by atoms with Gasteiger partial charge in [0.15, 0.2) is 5.43 Å². The fourth-order valence-corrected chi connectivity index (χ4v) is 0.891. The summed E-state index contributed by atoms with van der Waals surface area (Å²) in [5.74, 6) is -0.405. The van der Waals surface area contributed by atoms with E-state index in [0.717, 1.165) is 0 Å². The molecule has 5 heteroatoms. The monoisotopic (exact) mass is 222 g/mol. The van der Waals surface area contributed by atoms with E-state index in [1.807, 2.05) is 0 Å². The molecule has 0 fully saturated rings. The second kappa shape index (κ2) is 5.55. The summed E-state index contributed by atoms with van der Waals surface area (Å²) in [6.45, 7) is 1.74. The van der Waals surface area contributed by atoms with Gasteiger partial charge in [0, 0.05) is 12.1 Å². The largest absolute Gasteiger partial charge is 0.475 e. The minimum absolute atomic E-state index is 0.00579. The molecule has 0 amide bonds. The van der Waals surface area contributed by atoms with Crippen LogP contribution in [-0.2, 0) is 0 Å². The quantitative estimate of drug-likeness (QED) is 0.797. The summed E-state index contributed by atoms with van der Waals surface area (Å²) in [6.07, 6.45) is 2.71. The number of furan rings is 1. The predicted octanol–water partition coefficient (Wildman–Crippen LogP) is 1.93. The maximum Gasteiger partial charge on any atom is 0.371 e. The molecule has 5 nitrogen and oxygen atoms in total. The smallest absolute Gasteiger partial charge is 0.371 e. The molecule has 0 radical (unpaired) electrons. The van der Waals surface area contributed by atoms with Gasteiger partial charge in [0.2, 0.25) is 5.76 Å². The molecule has 2 heterocycles. The molecule has 0 saturated heterocycles. The molecule has 0 aliphatic carbocycles. The Kier molecular flexibility index (Phi) is 4.08. The fraction of sp³-hybridized carbons (Fsp3) is 0.0909. The Balaban J connectivity index is 0.000000160. The third kappa shape index (κ3) is 3.83. The molecule has 1 N–H and O–H groups in total. The highest BCUT2D eigenvalue weighted by atomic mass is 16.4. The lowest BCUT2D eigenvalue weighted by Gasteiger charge is -1.83. The lowest BCUT2D eigenvalue weighted by Crippen LogP contribution is -1.93. The molecular formula is C11H10O5. The van der Waals surface area contributed by atoms with E-state index in [2.05, 4.69) is 4.42 Å². The van der Waals surface area contributed by atoms with Crippen LogP contribution >= 0.6 is 0 Å². The molecule has 0 unspecified atom stereocenters. The molecule has 16 heavy (non-hydrogen) atoms. The predicted molar refractivity (Wildman–Crippen MR) is 55.4 cm³/mol. The number of aryl methyl sites for hydroxylation is 1. The second-order valence-corrected chi connectivity index (χ2v) is 2.86. The highest BCUT2D eigenvalue weighted by Gasteiger charge is 2.01. The van der Waals surface area contributed by atoms with Gasteiger partial charge >= 0.3 is 5.97 Å². The zero-order chi connectivity index (χ0) is 12.0. The van der Waals surface area contributed by atoms with Gasteiger partial charge in [0.25, 0.3) is 0 Å². The van der Waals surface area contributed by atoms with Crippen molar-refractivity contribution in [2.75, 3.05) is 0 Å². The molecule has 2 aromatic rings. The van der Waals surface area contributed by atoms with Crippen LogP contribution < -0.4 is 5.43 Å². The van der Waals surface area contributed by atoms with Crippen molar-refractivity contribution < 1.29 is 18.7 Å². The zero-order valence-electron chi connectivity index (χ0n) is 8.54. The molecular weight excluding hydrogens is 212 g/mol. The summed E-state index contributed by atoms with van der Waals surface area (Å²) in [6, 6.07) is 5.75. The van der Waals surface area contributed by atoms with Gasteiger partial charge in [-0.3, -0.25) is 4.79 Å². The molecule has 2 rings (SSSR count). The number of aromatic carboxylic acids is 1. The number of carboxylic acids is 1. The fourth-order valence-electron chi connectivity index (χ4n) is 0.891. The normalized spacial score (nSPS) is 9.06. The van der Waals surface area contributed by atoms with Gasteiger partial charge in [0.1, 0.15) is 5.76 Å². The SMILES string of the molecule is Cc1cc(=O)cco1.O=C(O)c1ccco1. The van der Waals surface area contributed by atoms with E-state index in [4.69, 9.17) is 9.52 Å². The first-order valence-corrected chi connectivity index (χ1v) is 4.42. The molecule has 0 spiro atoms. The maximum atomic E-state index is 10.4. The van der Waals surface area contributed by atoms with Crippen LogP contribution in [-0.4, -0.2) is 11.1 Å². The van der Waals surface area contributed by atoms with Crippen LogP contribution in [0.5, 0.6) is 0 Å². The lowest BCUT2D eigenvalue weighted by atomic mass is 10.4. The Labute approximate surface area is 90.9 Å². The molecule has 0 atom stereocenters. The Morgan fingerprint density at radius 3 is 2.31 bits per heavy atom. The van der Waals surface area contributed by atoms with Gasteiger partial charge in [-0.2, -0.15) is 0 Å². The van der Waals surface area contributed by atoms with E-state index < -0.39 is 5.97 Å². The van der Waals surface area contributed by atoms with Crippen LogP contribution in [0.4, 0.5) is 0 Å². The average molecular weight is 222 g/mol. The van der Waals surface area contributed by atoms with Crippen LogP contribution in [0, 0.1) is 6.92 Å². The van der Waals surface area contributed by atoms with E-state index in [9.17, 15) is 9.59 Å². The van der Waals surface area contributed by atoms with E-state index in [0.29, 0.717) is 5.76 Å². The van der Waals surface area contributed by atoms with Crippen molar-refractivity contribution in [1.82, 2.24) is 0 Å². The second-order valence-electron chi connectivity index (χ2n) is 2.86. The Hall–Kier alpha value is -2.30. The van der Waals surface area contributed by atoms with Gasteiger partial charge in [0.05, 0.1) is 12.5 Å². The van der Waals surface area contributed by atoms with E-state index in [1.165, 1.54) is 36.8 Å². The van der Waals surface area contributed by atoms with Crippen molar-refractivity contribution in [3.8, 4) is 0 Å². The standard InChI is InChI=1S/C6H6O2.C5H4O3/c1-5-4-6(7)2-3-8-5;6-5(7)4-2-1-3-8-4/h2-4H,1H3;1-3H,(H,6,7). The Morgan fingerprint density at radius 2 is 2.00 bits per heavy atom. The Bertz CT molecular complexity index is 495. The van der Waals surface area contributed by atoms with Crippen molar-refractivity contribution in [3.05, 3.63) is 58.5 Å². The summed E-state index contributed by atoms with van der Waals surface area (Å²) >= 11 is 0. The topological polar surface area (TPSA) is 80.7 Å². The highest BCUT2D eigenvalue weighted by Crippen LogP contribution is 1.97. The molecule has 0 aliphatic heterocycles. The molecule has 0 aromatic carbocycles. The highest BCUT2D eigenvalue weighted by molar-refractivity contribution is 5.84. The first-order valence-electron chi connectivity index (χ1n) is 4.42. The van der Waals surface area contributed by atoms with Crippen LogP contribution in [0.25, 0.3) is 0 Å². The number of hydrogen-bond acceptors (Lipinski definition) is 4. The van der Waals surface area contributed by atoms with Crippen molar-refractivity contribution in [2.24, 2.45) is 0 Å². The van der Waals surface area contributed by atoms with Gasteiger partial charge < -0.3 is 13.9 Å². The van der Waals surface area contributed by atoms with Crippen molar-refractivity contribution in [1.29, 1.82) is 0 Å². The van der Waals surface area contributed by atoms with Gasteiger partial charge in [-0.1, -0.05) is 0 Å². The van der Waals surface area contributed by atoms with Crippen molar-refractivity contribution in [2.45, 2.75) is 6.92 Å². The van der Waals surface area contributed by atoms with E-state index in [-0.39, 0.29) is 11.2 Å². The minimum atomic E-state index is -1.03. The van der Waals surface area contributed by atoms with Crippen LogP contribution in [0.1, 0.15) is 16.3 Å². The molecule has 2 aromatic heterocycles. The van der Waals surface area contributed by atoms with E-state index >= 15 is 0 Å². The number of hydrogen-bond donors (Lipinski definition) is 1. The number of carbonyl (C=O) groups is 1. The van der Waals surface area contributed by atoms with Crippen molar-refractivity contribution in [3.63, 3.8) is 0 Å². The van der Waals surface area contributed by atoms with Crippen LogP contribution in [0.15, 0.2) is 50.4 Å². The Morgan fingerprint density at radius 1 is 1.25 bits per heavy atom. The average Bonchev–Trinajstić information content (AvgIpc) is 2.70. The summed E-state index contributed by atoms with van der Waals surface area (Å²) in [5, 5.41) is 8.18. The number of rotatable bonds is 1. The zero-order valence-corrected chi connectivity index (χ0v) is 8.54. The van der Waals surface area contributed by atoms with Crippen LogP contribution in [0.2, 0.25) is 0 Å². The third-order valence-corrected chi connectivity index (χ3v) is 1.56. The number of carboxylic acid groups (broad SMARTS) is 1. The minimum Gasteiger partial charge on any atom is -0.475 e. The van der Waals surface area contributed by atoms with Crippen LogP contribution in [0.3, 0.4) is 0 Å². The first kappa shape index (κ1) is 11.8. The summed E-state index contributed by atoms with van der Waals surface area (Å²) in [5.41, 5.74) is -0.00579. The lowest BCUT2D eigenvalue weighted by molar-refractivity contribution is 0.0662. The van der Waals surface area contributed by atoms with Gasteiger partial charge in [-0.05, 0) is 19.1 Å².